The molecule has 1 saturated heterocycles. The third kappa shape index (κ3) is 3.03. The molecule has 1 heterocycles. The zero-order valence-corrected chi connectivity index (χ0v) is 14.3. The van der Waals surface area contributed by atoms with E-state index >= 15 is 0 Å². The first kappa shape index (κ1) is 18.1. The van der Waals surface area contributed by atoms with Crippen LogP contribution in [-0.4, -0.2) is 60.4 Å². The second-order valence-corrected chi connectivity index (χ2v) is 6.34. The number of nitrogens with zero attached hydrogens (tertiary/aromatic N) is 1. The van der Waals surface area contributed by atoms with E-state index in [2.05, 4.69) is 4.74 Å². The minimum absolute atomic E-state index is 0.0133. The number of aromatic hydroxyl groups is 1. The third-order valence-corrected chi connectivity index (χ3v) is 4.94. The average molecular weight is 337 g/mol. The molecule has 1 amide bonds. The number of esters is 1. The Bertz CT molecular complexity index is 644. The van der Waals surface area contributed by atoms with E-state index in [1.165, 1.54) is 12.0 Å². The summed E-state index contributed by atoms with van der Waals surface area (Å²) >= 11 is 0. The summed E-state index contributed by atoms with van der Waals surface area (Å²) in [4.78, 5) is 25.0. The molecule has 0 aliphatic carbocycles. The average Bonchev–Trinajstić information content (AvgIpc) is 2.92. The van der Waals surface area contributed by atoms with Gasteiger partial charge in [-0.05, 0) is 24.6 Å². The van der Waals surface area contributed by atoms with Crippen molar-refractivity contribution >= 4 is 11.9 Å². The largest absolute Gasteiger partial charge is 0.504 e. The second-order valence-electron chi connectivity index (χ2n) is 6.34. The van der Waals surface area contributed by atoms with Gasteiger partial charge < -0.3 is 24.6 Å². The monoisotopic (exact) mass is 337 g/mol. The van der Waals surface area contributed by atoms with Crippen LogP contribution in [0.2, 0.25) is 0 Å². The molecule has 0 radical (unpaired) electrons. The van der Waals surface area contributed by atoms with Gasteiger partial charge in [-0.1, -0.05) is 13.0 Å². The van der Waals surface area contributed by atoms with E-state index in [0.29, 0.717) is 5.75 Å². The number of hydrogen-bond acceptors (Lipinski definition) is 6. The van der Waals surface area contributed by atoms with E-state index in [4.69, 9.17) is 4.74 Å². The number of carbonyl (C=O) groups is 2. The lowest BCUT2D eigenvalue weighted by Crippen LogP contribution is -2.40. The fourth-order valence-electron chi connectivity index (χ4n) is 3.22. The van der Waals surface area contributed by atoms with Gasteiger partial charge in [0.25, 0.3) is 0 Å². The van der Waals surface area contributed by atoms with Crippen molar-refractivity contribution in [1.82, 2.24) is 4.90 Å². The molecule has 0 saturated carbocycles. The number of aliphatic hydroxyl groups is 1. The van der Waals surface area contributed by atoms with Crippen LogP contribution in [-0.2, 0) is 14.3 Å². The Morgan fingerprint density at radius 1 is 1.38 bits per heavy atom. The van der Waals surface area contributed by atoms with Crippen molar-refractivity contribution in [3.05, 3.63) is 23.8 Å². The molecule has 1 fully saturated rings. The van der Waals surface area contributed by atoms with Crippen molar-refractivity contribution in [2.75, 3.05) is 27.3 Å². The van der Waals surface area contributed by atoms with Crippen LogP contribution in [0.25, 0.3) is 0 Å². The summed E-state index contributed by atoms with van der Waals surface area (Å²) in [7, 11) is 2.62. The number of phenols is 1. The minimum atomic E-state index is -0.929. The number of ether oxygens (including phenoxy) is 2. The van der Waals surface area contributed by atoms with Crippen molar-refractivity contribution in [3.63, 3.8) is 0 Å². The molecule has 1 aliphatic heterocycles. The van der Waals surface area contributed by atoms with Gasteiger partial charge >= 0.3 is 11.9 Å². The molecule has 132 valence electrons. The maximum atomic E-state index is 12.1. The Morgan fingerprint density at radius 3 is 2.54 bits per heavy atom. The van der Waals surface area contributed by atoms with Crippen LogP contribution in [0.4, 0.5) is 0 Å². The molecule has 7 heteroatoms. The fraction of sp³-hybridized carbons (Fsp3) is 0.529. The molecule has 1 aromatic rings. The summed E-state index contributed by atoms with van der Waals surface area (Å²) in [6.45, 7) is 3.98. The summed E-state index contributed by atoms with van der Waals surface area (Å²) in [6.07, 6.45) is -0.720. The fourth-order valence-corrected chi connectivity index (χ4v) is 3.22. The highest BCUT2D eigenvalue weighted by molar-refractivity contribution is 6.32. The number of aliphatic hydroxyl groups excluding tert-OH is 1. The Labute approximate surface area is 140 Å². The highest BCUT2D eigenvalue weighted by atomic mass is 16.5. The van der Waals surface area contributed by atoms with Crippen molar-refractivity contribution in [1.29, 1.82) is 0 Å². The normalized spacial score (nSPS) is 24.5. The van der Waals surface area contributed by atoms with Gasteiger partial charge in [-0.3, -0.25) is 4.79 Å². The molecule has 2 N–H and O–H groups in total. The molecule has 0 spiro atoms. The van der Waals surface area contributed by atoms with Gasteiger partial charge in [-0.15, -0.1) is 0 Å². The molecule has 24 heavy (non-hydrogen) atoms. The van der Waals surface area contributed by atoms with Crippen molar-refractivity contribution in [3.8, 4) is 11.5 Å². The van der Waals surface area contributed by atoms with E-state index in [1.54, 1.807) is 25.1 Å². The molecule has 1 aliphatic rings. The maximum Gasteiger partial charge on any atom is 0.396 e. The number of phenolic OH excluding ortho intramolecular Hbond substituents is 1. The van der Waals surface area contributed by atoms with Gasteiger partial charge in [0, 0.05) is 24.4 Å². The van der Waals surface area contributed by atoms with Gasteiger partial charge in [0.05, 0.1) is 20.3 Å². The van der Waals surface area contributed by atoms with Crippen LogP contribution in [0.5, 0.6) is 11.5 Å². The summed E-state index contributed by atoms with van der Waals surface area (Å²) < 4.78 is 9.54. The molecule has 0 aromatic heterocycles. The molecule has 0 bridgehead atoms. The SMILES string of the molecule is COC(=O)C(=O)N1CC(c2ccc(OC)c(O)c2)C(C)(C(C)O)C1. The number of methoxy groups -OCH3 is 2. The predicted molar refractivity (Wildman–Crippen MR) is 85.8 cm³/mol. The van der Waals surface area contributed by atoms with Gasteiger partial charge in [0.2, 0.25) is 0 Å². The van der Waals surface area contributed by atoms with E-state index in [1.807, 2.05) is 6.92 Å². The number of hydrogen-bond donors (Lipinski definition) is 2. The van der Waals surface area contributed by atoms with E-state index in [0.717, 1.165) is 12.7 Å². The van der Waals surface area contributed by atoms with Gasteiger partial charge in [0.15, 0.2) is 11.5 Å². The highest BCUT2D eigenvalue weighted by Gasteiger charge is 2.49. The van der Waals surface area contributed by atoms with Crippen LogP contribution >= 0.6 is 0 Å². The number of likely N-dealkylation sites (tertiary alicyclic amines) is 1. The summed E-state index contributed by atoms with van der Waals surface area (Å²) in [5.41, 5.74) is 0.0990. The Morgan fingerprint density at radius 2 is 2.04 bits per heavy atom. The van der Waals surface area contributed by atoms with Gasteiger partial charge in [-0.2, -0.15) is 0 Å². The van der Waals surface area contributed by atoms with Gasteiger partial charge in [0.1, 0.15) is 0 Å². The summed E-state index contributed by atoms with van der Waals surface area (Å²) in [5, 5.41) is 20.3. The van der Waals surface area contributed by atoms with Crippen LogP contribution in [0.1, 0.15) is 25.3 Å². The third-order valence-electron chi connectivity index (χ3n) is 4.94. The second kappa shape index (κ2) is 6.68. The Hall–Kier alpha value is -2.28. The topological polar surface area (TPSA) is 96.3 Å². The smallest absolute Gasteiger partial charge is 0.396 e. The summed E-state index contributed by atoms with van der Waals surface area (Å²) in [6, 6.07) is 4.99. The van der Waals surface area contributed by atoms with Crippen molar-refractivity contribution in [2.45, 2.75) is 25.9 Å². The predicted octanol–water partition coefficient (Wildman–Crippen LogP) is 0.887. The number of carbonyl (C=O) groups excluding carboxylic acids is 2. The summed E-state index contributed by atoms with van der Waals surface area (Å²) in [5.74, 6) is -1.58. The molecular formula is C17H23NO6. The number of benzene rings is 1. The molecule has 1 aromatic carbocycles. The van der Waals surface area contributed by atoms with E-state index in [-0.39, 0.29) is 24.8 Å². The quantitative estimate of drug-likeness (QED) is 0.628. The highest BCUT2D eigenvalue weighted by Crippen LogP contribution is 2.46. The number of rotatable bonds is 3. The standard InChI is InChI=1S/C17H23NO6/c1-10(19)17(2)9-18(15(21)16(22)24-4)8-12(17)11-5-6-14(23-3)13(20)7-11/h5-7,10,12,19-20H,8-9H2,1-4H3. The number of amides is 1. The first-order chi connectivity index (χ1) is 11.2. The molecule has 7 nitrogen and oxygen atoms in total. The molecule has 3 atom stereocenters. The van der Waals surface area contributed by atoms with Crippen LogP contribution in [0, 0.1) is 5.41 Å². The Balaban J connectivity index is 2.37. The van der Waals surface area contributed by atoms with Crippen molar-refractivity contribution in [2.24, 2.45) is 5.41 Å². The lowest BCUT2D eigenvalue weighted by Gasteiger charge is -2.33. The lowest BCUT2D eigenvalue weighted by molar-refractivity contribution is -0.157. The van der Waals surface area contributed by atoms with E-state index in [9.17, 15) is 19.8 Å². The van der Waals surface area contributed by atoms with Crippen molar-refractivity contribution < 1.29 is 29.3 Å². The Kier molecular flexibility index (Phi) is 5.03. The zero-order valence-electron chi connectivity index (χ0n) is 14.3. The first-order valence-corrected chi connectivity index (χ1v) is 7.66. The lowest BCUT2D eigenvalue weighted by atomic mass is 9.72. The molecule has 3 unspecified atom stereocenters. The maximum absolute atomic E-state index is 12.1. The van der Waals surface area contributed by atoms with Crippen LogP contribution in [0.3, 0.4) is 0 Å². The van der Waals surface area contributed by atoms with E-state index < -0.39 is 23.4 Å². The zero-order chi connectivity index (χ0) is 18.1. The van der Waals surface area contributed by atoms with Gasteiger partial charge in [-0.25, -0.2) is 4.79 Å². The van der Waals surface area contributed by atoms with Crippen LogP contribution in [0.15, 0.2) is 18.2 Å². The minimum Gasteiger partial charge on any atom is -0.504 e. The first-order valence-electron chi connectivity index (χ1n) is 7.66. The van der Waals surface area contributed by atoms with Crippen LogP contribution < -0.4 is 4.74 Å². The molecule has 2 rings (SSSR count). The molecular weight excluding hydrogens is 314 g/mol.